The number of carbonyl (C=O) groups excluding carboxylic acids is 1. The second-order valence-corrected chi connectivity index (χ2v) is 4.69. The number of amides is 1. The predicted molar refractivity (Wildman–Crippen MR) is 76.7 cm³/mol. The van der Waals surface area contributed by atoms with Gasteiger partial charge in [0.25, 0.3) is 5.91 Å². The largest absolute Gasteiger partial charge is 0.378 e. The van der Waals surface area contributed by atoms with Crippen molar-refractivity contribution in [3.63, 3.8) is 0 Å². The molecule has 0 unspecified atom stereocenters. The summed E-state index contributed by atoms with van der Waals surface area (Å²) in [6, 6.07) is 9.31. The van der Waals surface area contributed by atoms with Crippen LogP contribution in [0.3, 0.4) is 0 Å². The van der Waals surface area contributed by atoms with Crippen LogP contribution in [0.5, 0.6) is 0 Å². The number of carbonyl (C=O) groups is 1. The zero-order valence-corrected chi connectivity index (χ0v) is 11.6. The number of benzene rings is 1. The molecule has 0 aliphatic rings. The average Bonchev–Trinajstić information content (AvgIpc) is 2.68. The molecule has 0 aliphatic heterocycles. The molecular weight excluding hydrogens is 240 g/mol. The van der Waals surface area contributed by atoms with E-state index in [9.17, 15) is 4.79 Å². The van der Waals surface area contributed by atoms with Crippen molar-refractivity contribution < 1.29 is 4.79 Å². The van der Waals surface area contributed by atoms with Crippen LogP contribution < -0.4 is 10.2 Å². The van der Waals surface area contributed by atoms with Crippen molar-refractivity contribution in [2.75, 3.05) is 24.3 Å². The lowest BCUT2D eigenvalue weighted by Crippen LogP contribution is -2.15. The Bertz CT molecular complexity index is 584. The fraction of sp³-hybridized carbons (Fsp3) is 0.286. The maximum atomic E-state index is 12.1. The van der Waals surface area contributed by atoms with Crippen LogP contribution in [0, 0.1) is 6.92 Å². The lowest BCUT2D eigenvalue weighted by molar-refractivity contribution is 0.102. The summed E-state index contributed by atoms with van der Waals surface area (Å²) in [4.78, 5) is 14.1. The highest BCUT2D eigenvalue weighted by molar-refractivity contribution is 6.04. The normalized spacial score (nSPS) is 10.3. The fourth-order valence-electron chi connectivity index (χ4n) is 1.83. The molecule has 1 aromatic carbocycles. The number of hydrogen-bond donors (Lipinski definition) is 1. The number of nitrogens with one attached hydrogen (secondary N) is 1. The zero-order chi connectivity index (χ0) is 14.0. The van der Waals surface area contributed by atoms with Crippen molar-refractivity contribution in [2.24, 2.45) is 7.05 Å². The van der Waals surface area contributed by atoms with E-state index in [2.05, 4.69) is 10.4 Å². The van der Waals surface area contributed by atoms with Crippen LogP contribution in [0.4, 0.5) is 11.5 Å². The predicted octanol–water partition coefficient (Wildman–Crippen LogP) is 2.05. The van der Waals surface area contributed by atoms with Crippen molar-refractivity contribution in [2.45, 2.75) is 6.92 Å². The Balaban J connectivity index is 2.14. The Labute approximate surface area is 112 Å². The van der Waals surface area contributed by atoms with Gasteiger partial charge in [-0.3, -0.25) is 9.48 Å². The zero-order valence-electron chi connectivity index (χ0n) is 11.6. The third-order valence-corrected chi connectivity index (χ3v) is 2.89. The van der Waals surface area contributed by atoms with Crippen LogP contribution >= 0.6 is 0 Å². The molecular formula is C14H18N4O. The Hall–Kier alpha value is -2.30. The molecule has 5 nitrogen and oxygen atoms in total. The molecule has 0 aliphatic carbocycles. The minimum Gasteiger partial charge on any atom is -0.378 e. The summed E-state index contributed by atoms with van der Waals surface area (Å²) in [5.41, 5.74) is 2.57. The topological polar surface area (TPSA) is 50.2 Å². The van der Waals surface area contributed by atoms with Crippen LogP contribution in [0.2, 0.25) is 0 Å². The summed E-state index contributed by atoms with van der Waals surface area (Å²) in [5.74, 6) is 0.562. The van der Waals surface area contributed by atoms with Crippen molar-refractivity contribution in [1.82, 2.24) is 9.78 Å². The van der Waals surface area contributed by atoms with E-state index in [0.717, 1.165) is 11.4 Å². The van der Waals surface area contributed by atoms with E-state index in [1.165, 1.54) is 0 Å². The van der Waals surface area contributed by atoms with E-state index in [-0.39, 0.29) is 5.91 Å². The van der Waals surface area contributed by atoms with E-state index >= 15 is 0 Å². The molecule has 0 radical (unpaired) electrons. The second kappa shape index (κ2) is 5.14. The maximum Gasteiger partial charge on any atom is 0.256 e. The summed E-state index contributed by atoms with van der Waals surface area (Å²) in [6.45, 7) is 1.89. The lowest BCUT2D eigenvalue weighted by atomic mass is 10.2. The van der Waals surface area contributed by atoms with Gasteiger partial charge in [0.15, 0.2) is 0 Å². The molecule has 1 amide bonds. The number of nitrogens with zero attached hydrogens (tertiary/aromatic N) is 3. The number of rotatable bonds is 3. The molecule has 0 bridgehead atoms. The van der Waals surface area contributed by atoms with Crippen LogP contribution in [-0.2, 0) is 7.05 Å². The smallest absolute Gasteiger partial charge is 0.256 e. The molecule has 2 aromatic rings. The van der Waals surface area contributed by atoms with E-state index in [1.54, 1.807) is 11.7 Å². The summed E-state index contributed by atoms with van der Waals surface area (Å²) in [6.07, 6.45) is 0. The van der Waals surface area contributed by atoms with Gasteiger partial charge in [-0.05, 0) is 31.2 Å². The van der Waals surface area contributed by atoms with Crippen molar-refractivity contribution in [3.8, 4) is 0 Å². The van der Waals surface area contributed by atoms with Gasteiger partial charge in [-0.25, -0.2) is 0 Å². The Morgan fingerprint density at radius 1 is 1.26 bits per heavy atom. The van der Waals surface area contributed by atoms with E-state index in [0.29, 0.717) is 11.4 Å². The van der Waals surface area contributed by atoms with Crippen LogP contribution in [0.15, 0.2) is 30.3 Å². The molecule has 0 spiro atoms. The van der Waals surface area contributed by atoms with E-state index < -0.39 is 0 Å². The molecule has 2 rings (SSSR count). The molecule has 1 aromatic heterocycles. The first-order valence-corrected chi connectivity index (χ1v) is 6.07. The highest BCUT2D eigenvalue weighted by atomic mass is 16.1. The van der Waals surface area contributed by atoms with Crippen molar-refractivity contribution in [1.29, 1.82) is 0 Å². The van der Waals surface area contributed by atoms with Crippen LogP contribution in [-0.4, -0.2) is 29.8 Å². The summed E-state index contributed by atoms with van der Waals surface area (Å²) in [5, 5.41) is 7.03. The first-order chi connectivity index (χ1) is 8.97. The maximum absolute atomic E-state index is 12.1. The Kier molecular flexibility index (Phi) is 3.55. The molecule has 1 N–H and O–H groups in total. The summed E-state index contributed by atoms with van der Waals surface area (Å²) < 4.78 is 1.65. The highest BCUT2D eigenvalue weighted by Gasteiger charge is 2.09. The molecule has 0 saturated carbocycles. The van der Waals surface area contributed by atoms with E-state index in [1.807, 2.05) is 56.3 Å². The SMILES string of the molecule is Cc1cc(NC(=O)c2ccc(N(C)C)cc2)n(C)n1. The Morgan fingerprint density at radius 3 is 2.37 bits per heavy atom. The summed E-state index contributed by atoms with van der Waals surface area (Å²) in [7, 11) is 5.73. The van der Waals surface area contributed by atoms with Gasteiger partial charge in [0.05, 0.1) is 5.69 Å². The van der Waals surface area contributed by atoms with Crippen LogP contribution in [0.25, 0.3) is 0 Å². The van der Waals surface area contributed by atoms with Gasteiger partial charge in [0.1, 0.15) is 5.82 Å². The molecule has 0 atom stereocenters. The van der Waals surface area contributed by atoms with Gasteiger partial charge in [0.2, 0.25) is 0 Å². The molecule has 0 fully saturated rings. The molecule has 5 heteroatoms. The van der Waals surface area contributed by atoms with Crippen molar-refractivity contribution in [3.05, 3.63) is 41.6 Å². The van der Waals surface area contributed by atoms with Crippen LogP contribution in [0.1, 0.15) is 16.1 Å². The van der Waals surface area contributed by atoms with Gasteiger partial charge in [-0.15, -0.1) is 0 Å². The lowest BCUT2D eigenvalue weighted by Gasteiger charge is -2.12. The number of aromatic nitrogens is 2. The fourth-order valence-corrected chi connectivity index (χ4v) is 1.83. The van der Waals surface area contributed by atoms with E-state index in [4.69, 9.17) is 0 Å². The molecule has 1 heterocycles. The monoisotopic (exact) mass is 258 g/mol. The minimum atomic E-state index is -0.131. The first-order valence-electron chi connectivity index (χ1n) is 6.07. The average molecular weight is 258 g/mol. The second-order valence-electron chi connectivity index (χ2n) is 4.69. The molecule has 100 valence electrons. The van der Waals surface area contributed by atoms with Gasteiger partial charge < -0.3 is 10.2 Å². The third kappa shape index (κ3) is 2.93. The van der Waals surface area contributed by atoms with Gasteiger partial charge in [-0.2, -0.15) is 5.10 Å². The third-order valence-electron chi connectivity index (χ3n) is 2.89. The van der Waals surface area contributed by atoms with Crippen molar-refractivity contribution >= 4 is 17.4 Å². The Morgan fingerprint density at radius 2 is 1.89 bits per heavy atom. The summed E-state index contributed by atoms with van der Waals surface area (Å²) >= 11 is 0. The molecule has 19 heavy (non-hydrogen) atoms. The molecule has 0 saturated heterocycles. The van der Waals surface area contributed by atoms with Gasteiger partial charge in [-0.1, -0.05) is 0 Å². The first kappa shape index (κ1) is 13.1. The standard InChI is InChI=1S/C14H18N4O/c1-10-9-13(18(4)16-10)15-14(19)11-5-7-12(8-6-11)17(2)3/h5-9H,1-4H3,(H,15,19). The number of hydrogen-bond acceptors (Lipinski definition) is 3. The minimum absolute atomic E-state index is 0.131. The highest BCUT2D eigenvalue weighted by Crippen LogP contribution is 2.14. The van der Waals surface area contributed by atoms with Gasteiger partial charge >= 0.3 is 0 Å². The number of anilines is 2. The van der Waals surface area contributed by atoms with Gasteiger partial charge in [0, 0.05) is 38.5 Å². The number of aryl methyl sites for hydroxylation is 2. The quantitative estimate of drug-likeness (QED) is 0.916.